The van der Waals surface area contributed by atoms with Gasteiger partial charge in [-0.3, -0.25) is 4.79 Å². The summed E-state index contributed by atoms with van der Waals surface area (Å²) in [5, 5.41) is 0. The summed E-state index contributed by atoms with van der Waals surface area (Å²) in [6.07, 6.45) is 2.20. The predicted molar refractivity (Wildman–Crippen MR) is 96.4 cm³/mol. The van der Waals surface area contributed by atoms with E-state index < -0.39 is 0 Å². The van der Waals surface area contributed by atoms with Crippen LogP contribution in [0.15, 0.2) is 24.3 Å². The standard InChI is InChI=1S/C17H24N2OS2/c1-12(18)15-3-2-8-19(11-15)16(20)13-4-6-14(7-5-13)17-21-9-10-22-17/h4-7,12,15,17H,2-3,8-11,18H2,1H3. The van der Waals surface area contributed by atoms with Crippen LogP contribution < -0.4 is 5.73 Å². The molecule has 2 atom stereocenters. The van der Waals surface area contributed by atoms with Crippen molar-refractivity contribution in [3.8, 4) is 0 Å². The summed E-state index contributed by atoms with van der Waals surface area (Å²) in [5.41, 5.74) is 8.15. The number of nitrogens with two attached hydrogens (primary N) is 1. The van der Waals surface area contributed by atoms with Crippen LogP contribution in [0.25, 0.3) is 0 Å². The zero-order valence-corrected chi connectivity index (χ0v) is 14.7. The first-order valence-electron chi connectivity index (χ1n) is 8.03. The van der Waals surface area contributed by atoms with Crippen molar-refractivity contribution in [1.29, 1.82) is 0 Å². The average molecular weight is 337 g/mol. The minimum Gasteiger partial charge on any atom is -0.338 e. The Balaban J connectivity index is 1.66. The summed E-state index contributed by atoms with van der Waals surface area (Å²) in [6, 6.07) is 8.39. The molecule has 5 heteroatoms. The molecule has 2 aliphatic heterocycles. The molecule has 2 unspecified atom stereocenters. The fraction of sp³-hybridized carbons (Fsp3) is 0.588. The zero-order valence-electron chi connectivity index (χ0n) is 13.0. The lowest BCUT2D eigenvalue weighted by Crippen LogP contribution is -2.45. The van der Waals surface area contributed by atoms with Gasteiger partial charge in [0, 0.05) is 36.2 Å². The zero-order chi connectivity index (χ0) is 15.5. The van der Waals surface area contributed by atoms with Gasteiger partial charge in [-0.25, -0.2) is 0 Å². The summed E-state index contributed by atoms with van der Waals surface area (Å²) in [4.78, 5) is 14.7. The van der Waals surface area contributed by atoms with Gasteiger partial charge >= 0.3 is 0 Å². The van der Waals surface area contributed by atoms with E-state index in [1.165, 1.54) is 17.1 Å². The number of hydrogen-bond acceptors (Lipinski definition) is 4. The van der Waals surface area contributed by atoms with E-state index in [9.17, 15) is 4.79 Å². The third kappa shape index (κ3) is 3.63. The smallest absolute Gasteiger partial charge is 0.253 e. The van der Waals surface area contributed by atoms with Gasteiger partial charge in [0.2, 0.25) is 0 Å². The molecule has 2 N–H and O–H groups in total. The second-order valence-electron chi connectivity index (χ2n) is 6.21. The molecule has 3 nitrogen and oxygen atoms in total. The van der Waals surface area contributed by atoms with Gasteiger partial charge in [0.25, 0.3) is 5.91 Å². The summed E-state index contributed by atoms with van der Waals surface area (Å²) in [6.45, 7) is 3.70. The van der Waals surface area contributed by atoms with Gasteiger partial charge in [-0.15, -0.1) is 23.5 Å². The first kappa shape index (κ1) is 16.2. The molecular weight excluding hydrogens is 312 g/mol. The van der Waals surface area contributed by atoms with Gasteiger partial charge in [-0.2, -0.15) is 0 Å². The quantitative estimate of drug-likeness (QED) is 0.919. The SMILES string of the molecule is CC(N)C1CCCN(C(=O)c2ccc(C3SCCS3)cc2)C1. The third-order valence-electron chi connectivity index (χ3n) is 4.54. The molecule has 1 aromatic rings. The maximum Gasteiger partial charge on any atom is 0.253 e. The van der Waals surface area contributed by atoms with Crippen molar-refractivity contribution >= 4 is 29.4 Å². The first-order valence-corrected chi connectivity index (χ1v) is 10.1. The normalized spacial score (nSPS) is 24.5. The van der Waals surface area contributed by atoms with Crippen LogP contribution >= 0.6 is 23.5 Å². The highest BCUT2D eigenvalue weighted by atomic mass is 32.2. The van der Waals surface area contributed by atoms with Gasteiger partial charge < -0.3 is 10.6 Å². The molecule has 0 spiro atoms. The number of amides is 1. The Hall–Kier alpha value is -0.650. The van der Waals surface area contributed by atoms with E-state index in [2.05, 4.69) is 12.1 Å². The average Bonchev–Trinajstić information content (AvgIpc) is 3.09. The Kier molecular flexibility index (Phi) is 5.37. The van der Waals surface area contributed by atoms with Crippen LogP contribution in [-0.4, -0.2) is 41.4 Å². The van der Waals surface area contributed by atoms with E-state index >= 15 is 0 Å². The monoisotopic (exact) mass is 336 g/mol. The van der Waals surface area contributed by atoms with Gasteiger partial charge in [0.15, 0.2) is 0 Å². The van der Waals surface area contributed by atoms with Gasteiger partial charge in [-0.05, 0) is 43.4 Å². The number of benzene rings is 1. The van der Waals surface area contributed by atoms with E-state index in [0.29, 0.717) is 10.5 Å². The van der Waals surface area contributed by atoms with Gasteiger partial charge in [-0.1, -0.05) is 12.1 Å². The molecule has 1 amide bonds. The molecule has 0 radical (unpaired) electrons. The molecule has 2 fully saturated rings. The molecule has 3 rings (SSSR count). The number of thioether (sulfide) groups is 2. The maximum absolute atomic E-state index is 12.7. The molecule has 0 aliphatic carbocycles. The molecule has 120 valence electrons. The van der Waals surface area contributed by atoms with E-state index in [1.54, 1.807) is 0 Å². The second-order valence-corrected chi connectivity index (χ2v) is 8.93. The minimum absolute atomic E-state index is 0.156. The third-order valence-corrected chi connectivity index (χ3v) is 7.64. The Morgan fingerprint density at radius 2 is 1.95 bits per heavy atom. The predicted octanol–water partition coefficient (Wildman–Crippen LogP) is 3.36. The summed E-state index contributed by atoms with van der Waals surface area (Å²) in [7, 11) is 0. The number of likely N-dealkylation sites (tertiary alicyclic amines) is 1. The number of piperidine rings is 1. The summed E-state index contributed by atoms with van der Waals surface area (Å²) < 4.78 is 0.543. The van der Waals surface area contributed by atoms with Crippen LogP contribution in [0, 0.1) is 5.92 Å². The molecule has 22 heavy (non-hydrogen) atoms. The molecule has 1 aromatic carbocycles. The molecule has 0 saturated carbocycles. The van der Waals surface area contributed by atoms with Crippen LogP contribution in [0.5, 0.6) is 0 Å². The van der Waals surface area contributed by atoms with E-state index in [1.807, 2.05) is 47.5 Å². The van der Waals surface area contributed by atoms with Crippen LogP contribution in [0.2, 0.25) is 0 Å². The van der Waals surface area contributed by atoms with Crippen LogP contribution in [0.3, 0.4) is 0 Å². The van der Waals surface area contributed by atoms with E-state index in [4.69, 9.17) is 5.73 Å². The number of carbonyl (C=O) groups is 1. The second kappa shape index (κ2) is 7.28. The Bertz CT molecular complexity index is 512. The van der Waals surface area contributed by atoms with Crippen molar-refractivity contribution in [3.63, 3.8) is 0 Å². The molecule has 2 aliphatic rings. The van der Waals surface area contributed by atoms with Crippen molar-refractivity contribution < 1.29 is 4.79 Å². The van der Waals surface area contributed by atoms with Crippen molar-refractivity contribution in [3.05, 3.63) is 35.4 Å². The minimum atomic E-state index is 0.156. The summed E-state index contributed by atoms with van der Waals surface area (Å²) in [5.74, 6) is 3.04. The largest absolute Gasteiger partial charge is 0.338 e. The lowest BCUT2D eigenvalue weighted by Gasteiger charge is -2.34. The molecule has 2 heterocycles. The van der Waals surface area contributed by atoms with Crippen LogP contribution in [0.1, 0.15) is 40.3 Å². The number of hydrogen-bond donors (Lipinski definition) is 1. The Labute approximate surface area is 141 Å². The van der Waals surface area contributed by atoms with E-state index in [-0.39, 0.29) is 11.9 Å². The topological polar surface area (TPSA) is 46.3 Å². The van der Waals surface area contributed by atoms with Gasteiger partial charge in [0.05, 0.1) is 4.58 Å². The fourth-order valence-electron chi connectivity index (χ4n) is 3.14. The molecule has 2 saturated heterocycles. The number of carbonyl (C=O) groups excluding carboxylic acids is 1. The lowest BCUT2D eigenvalue weighted by atomic mass is 9.92. The van der Waals surface area contributed by atoms with E-state index in [0.717, 1.165) is 31.5 Å². The summed E-state index contributed by atoms with van der Waals surface area (Å²) >= 11 is 3.99. The highest BCUT2D eigenvalue weighted by Gasteiger charge is 2.26. The Morgan fingerprint density at radius 3 is 2.59 bits per heavy atom. The molecular formula is C17H24N2OS2. The molecule has 0 aromatic heterocycles. The number of rotatable bonds is 3. The van der Waals surface area contributed by atoms with Crippen molar-refractivity contribution in [2.75, 3.05) is 24.6 Å². The van der Waals surface area contributed by atoms with Crippen LogP contribution in [-0.2, 0) is 0 Å². The van der Waals surface area contributed by atoms with Crippen molar-refractivity contribution in [2.45, 2.75) is 30.4 Å². The Morgan fingerprint density at radius 1 is 1.27 bits per heavy atom. The van der Waals surface area contributed by atoms with Crippen molar-refractivity contribution in [2.24, 2.45) is 11.7 Å². The maximum atomic E-state index is 12.7. The molecule has 0 bridgehead atoms. The van der Waals surface area contributed by atoms with Gasteiger partial charge in [0.1, 0.15) is 0 Å². The fourth-order valence-corrected chi connectivity index (χ4v) is 6.00. The van der Waals surface area contributed by atoms with Crippen molar-refractivity contribution in [1.82, 2.24) is 4.90 Å². The lowest BCUT2D eigenvalue weighted by molar-refractivity contribution is 0.0661. The highest BCUT2D eigenvalue weighted by Crippen LogP contribution is 2.45. The highest BCUT2D eigenvalue weighted by molar-refractivity contribution is 8.19. The first-order chi connectivity index (χ1) is 10.6. The van der Waals surface area contributed by atoms with Crippen LogP contribution in [0.4, 0.5) is 0 Å². The number of nitrogens with zero attached hydrogens (tertiary/aromatic N) is 1.